The molecule has 0 spiro atoms. The van der Waals surface area contributed by atoms with Gasteiger partial charge < -0.3 is 10.4 Å². The van der Waals surface area contributed by atoms with Crippen LogP contribution in [0.2, 0.25) is 0 Å². The molecule has 0 radical (unpaired) electrons. The molecule has 0 saturated heterocycles. The molecule has 2 unspecified atom stereocenters. The fraction of sp³-hybridized carbons (Fsp3) is 0.467. The highest BCUT2D eigenvalue weighted by Gasteiger charge is 2.13. The fourth-order valence-corrected chi connectivity index (χ4v) is 3.68. The summed E-state index contributed by atoms with van der Waals surface area (Å²) in [5, 5.41) is 12.6. The molecule has 2 atom stereocenters. The number of rotatable bonds is 7. The Labute approximate surface area is 133 Å². The standard InChI is InChI=1S/C15H20N2O2S2/c1-3-10(2)12(18)8-16-14(19)9-20-15-17-11-6-4-5-7-13(11)21-15/h4-7,10,12,18H,3,8-9H2,1-2H3,(H,16,19). The van der Waals surface area contributed by atoms with Gasteiger partial charge in [0.15, 0.2) is 4.34 Å². The third kappa shape index (κ3) is 4.69. The van der Waals surface area contributed by atoms with Crippen molar-refractivity contribution in [2.75, 3.05) is 12.3 Å². The van der Waals surface area contributed by atoms with Crippen LogP contribution >= 0.6 is 23.1 Å². The number of aliphatic hydroxyl groups is 1. The molecule has 2 N–H and O–H groups in total. The Morgan fingerprint density at radius 2 is 2.24 bits per heavy atom. The van der Waals surface area contributed by atoms with E-state index in [9.17, 15) is 9.90 Å². The van der Waals surface area contributed by atoms with Gasteiger partial charge in [-0.3, -0.25) is 4.79 Å². The number of amides is 1. The predicted octanol–water partition coefficient (Wildman–Crippen LogP) is 2.91. The smallest absolute Gasteiger partial charge is 0.230 e. The van der Waals surface area contributed by atoms with E-state index in [4.69, 9.17) is 0 Å². The van der Waals surface area contributed by atoms with Gasteiger partial charge in [0.05, 0.1) is 22.1 Å². The van der Waals surface area contributed by atoms with Crippen LogP contribution in [0.15, 0.2) is 28.6 Å². The summed E-state index contributed by atoms with van der Waals surface area (Å²) < 4.78 is 2.03. The SMILES string of the molecule is CCC(C)C(O)CNC(=O)CSc1nc2ccccc2s1. The maximum absolute atomic E-state index is 11.8. The lowest BCUT2D eigenvalue weighted by atomic mass is 10.0. The highest BCUT2D eigenvalue weighted by Crippen LogP contribution is 2.28. The van der Waals surface area contributed by atoms with Gasteiger partial charge in [0, 0.05) is 6.54 Å². The lowest BCUT2D eigenvalue weighted by molar-refractivity contribution is -0.119. The Bertz CT molecular complexity index is 567. The van der Waals surface area contributed by atoms with Crippen LogP contribution in [0.4, 0.5) is 0 Å². The van der Waals surface area contributed by atoms with Crippen molar-refractivity contribution < 1.29 is 9.90 Å². The first-order valence-corrected chi connectivity index (χ1v) is 8.83. The van der Waals surface area contributed by atoms with Gasteiger partial charge in [-0.15, -0.1) is 11.3 Å². The number of hydrogen-bond donors (Lipinski definition) is 2. The summed E-state index contributed by atoms with van der Waals surface area (Å²) in [5.41, 5.74) is 0.970. The third-order valence-corrected chi connectivity index (χ3v) is 5.59. The van der Waals surface area contributed by atoms with Gasteiger partial charge in [-0.05, 0) is 18.1 Å². The lowest BCUT2D eigenvalue weighted by Gasteiger charge is -2.17. The van der Waals surface area contributed by atoms with Gasteiger partial charge in [-0.25, -0.2) is 4.98 Å². The first-order valence-electron chi connectivity index (χ1n) is 7.03. The molecule has 1 amide bonds. The maximum Gasteiger partial charge on any atom is 0.230 e. The molecular formula is C15H20N2O2S2. The van der Waals surface area contributed by atoms with Crippen LogP contribution in [-0.4, -0.2) is 34.4 Å². The Kier molecular flexibility index (Phi) is 6.02. The van der Waals surface area contributed by atoms with E-state index in [1.807, 2.05) is 38.1 Å². The van der Waals surface area contributed by atoms with Crippen molar-refractivity contribution in [2.24, 2.45) is 5.92 Å². The number of hydrogen-bond acceptors (Lipinski definition) is 5. The summed E-state index contributed by atoms with van der Waals surface area (Å²) in [5.74, 6) is 0.455. The first kappa shape index (κ1) is 16.3. The van der Waals surface area contributed by atoms with Crippen LogP contribution in [-0.2, 0) is 4.79 Å². The van der Waals surface area contributed by atoms with Crippen molar-refractivity contribution in [3.63, 3.8) is 0 Å². The van der Waals surface area contributed by atoms with Crippen LogP contribution < -0.4 is 5.32 Å². The maximum atomic E-state index is 11.8. The number of nitrogens with zero attached hydrogens (tertiary/aromatic N) is 1. The second kappa shape index (κ2) is 7.77. The Hall–Kier alpha value is -1.11. The minimum Gasteiger partial charge on any atom is -0.391 e. The van der Waals surface area contributed by atoms with E-state index in [0.717, 1.165) is 21.0 Å². The normalized spacial score (nSPS) is 14.0. The third-order valence-electron chi connectivity index (χ3n) is 3.41. The van der Waals surface area contributed by atoms with Crippen LogP contribution in [0, 0.1) is 5.92 Å². The molecule has 21 heavy (non-hydrogen) atoms. The summed E-state index contributed by atoms with van der Waals surface area (Å²) >= 11 is 3.03. The number of aromatic nitrogens is 1. The molecule has 1 aromatic heterocycles. The number of aliphatic hydroxyl groups excluding tert-OH is 1. The molecule has 2 rings (SSSR count). The minimum absolute atomic E-state index is 0.0680. The molecule has 0 bridgehead atoms. The number of thioether (sulfide) groups is 1. The highest BCUT2D eigenvalue weighted by atomic mass is 32.2. The van der Waals surface area contributed by atoms with E-state index in [0.29, 0.717) is 12.3 Å². The zero-order valence-electron chi connectivity index (χ0n) is 12.2. The van der Waals surface area contributed by atoms with Crippen LogP contribution in [0.25, 0.3) is 10.2 Å². The lowest BCUT2D eigenvalue weighted by Crippen LogP contribution is -2.36. The largest absolute Gasteiger partial charge is 0.391 e. The van der Waals surface area contributed by atoms with Crippen molar-refractivity contribution in [1.29, 1.82) is 0 Å². The molecule has 1 aromatic carbocycles. The Morgan fingerprint density at radius 3 is 2.95 bits per heavy atom. The van der Waals surface area contributed by atoms with Crippen molar-refractivity contribution >= 4 is 39.2 Å². The molecule has 1 heterocycles. The number of benzene rings is 1. The van der Waals surface area contributed by atoms with Gasteiger partial charge in [0.1, 0.15) is 0 Å². The van der Waals surface area contributed by atoms with Crippen LogP contribution in [0.3, 0.4) is 0 Å². The number of carbonyl (C=O) groups excluding carboxylic acids is 1. The highest BCUT2D eigenvalue weighted by molar-refractivity contribution is 8.01. The van der Waals surface area contributed by atoms with E-state index in [2.05, 4.69) is 10.3 Å². The molecule has 0 aliphatic carbocycles. The zero-order valence-corrected chi connectivity index (χ0v) is 13.8. The monoisotopic (exact) mass is 324 g/mol. The fourth-order valence-electron chi connectivity index (χ4n) is 1.78. The van der Waals surface area contributed by atoms with Crippen molar-refractivity contribution in [3.05, 3.63) is 24.3 Å². The molecule has 0 aliphatic rings. The molecule has 114 valence electrons. The van der Waals surface area contributed by atoms with Crippen molar-refractivity contribution in [1.82, 2.24) is 10.3 Å². The Balaban J connectivity index is 1.78. The second-order valence-corrected chi connectivity index (χ2v) is 7.25. The van der Waals surface area contributed by atoms with Gasteiger partial charge >= 0.3 is 0 Å². The number of fused-ring (bicyclic) bond motifs is 1. The van der Waals surface area contributed by atoms with E-state index in [-0.39, 0.29) is 11.8 Å². The number of carbonyl (C=O) groups is 1. The van der Waals surface area contributed by atoms with Crippen LogP contribution in [0.1, 0.15) is 20.3 Å². The molecule has 6 heteroatoms. The quantitative estimate of drug-likeness (QED) is 0.769. The van der Waals surface area contributed by atoms with Gasteiger partial charge in [-0.1, -0.05) is 44.2 Å². The number of nitrogens with one attached hydrogen (secondary N) is 1. The second-order valence-electron chi connectivity index (χ2n) is 4.99. The van der Waals surface area contributed by atoms with E-state index >= 15 is 0 Å². The summed E-state index contributed by atoms with van der Waals surface area (Å²) in [6, 6.07) is 7.94. The summed E-state index contributed by atoms with van der Waals surface area (Å²) in [6.07, 6.45) is 0.420. The van der Waals surface area contributed by atoms with Gasteiger partial charge in [0.2, 0.25) is 5.91 Å². The number of para-hydroxylation sites is 1. The topological polar surface area (TPSA) is 62.2 Å². The van der Waals surface area contributed by atoms with E-state index < -0.39 is 6.10 Å². The molecule has 2 aromatic rings. The van der Waals surface area contributed by atoms with Crippen molar-refractivity contribution in [2.45, 2.75) is 30.7 Å². The van der Waals surface area contributed by atoms with Crippen LogP contribution in [0.5, 0.6) is 0 Å². The van der Waals surface area contributed by atoms with Gasteiger partial charge in [0.25, 0.3) is 0 Å². The first-order chi connectivity index (χ1) is 10.1. The Morgan fingerprint density at radius 1 is 1.48 bits per heavy atom. The molecule has 4 nitrogen and oxygen atoms in total. The molecule has 0 fully saturated rings. The van der Waals surface area contributed by atoms with Crippen molar-refractivity contribution in [3.8, 4) is 0 Å². The molecular weight excluding hydrogens is 304 g/mol. The van der Waals surface area contributed by atoms with E-state index in [1.54, 1.807) is 11.3 Å². The number of thiazole rings is 1. The van der Waals surface area contributed by atoms with Gasteiger partial charge in [-0.2, -0.15) is 0 Å². The summed E-state index contributed by atoms with van der Waals surface area (Å²) in [6.45, 7) is 4.32. The summed E-state index contributed by atoms with van der Waals surface area (Å²) in [4.78, 5) is 16.3. The van der Waals surface area contributed by atoms with E-state index in [1.165, 1.54) is 11.8 Å². The average Bonchev–Trinajstić information content (AvgIpc) is 2.92. The summed E-state index contributed by atoms with van der Waals surface area (Å²) in [7, 11) is 0. The zero-order chi connectivity index (χ0) is 15.2. The predicted molar refractivity (Wildman–Crippen MR) is 88.8 cm³/mol. The molecule has 0 aliphatic heterocycles. The minimum atomic E-state index is -0.480. The average molecular weight is 324 g/mol. The molecule has 0 saturated carbocycles.